The van der Waals surface area contributed by atoms with Gasteiger partial charge in [-0.1, -0.05) is 13.8 Å². The number of rotatable bonds is 5. The molecule has 1 heterocycles. The van der Waals surface area contributed by atoms with E-state index in [4.69, 9.17) is 9.84 Å². The van der Waals surface area contributed by atoms with Gasteiger partial charge in [-0.2, -0.15) is 0 Å². The van der Waals surface area contributed by atoms with E-state index in [0.717, 1.165) is 25.9 Å². The summed E-state index contributed by atoms with van der Waals surface area (Å²) >= 11 is 0. The normalized spacial score (nSPS) is 20.5. The standard InChI is InChI=1S/C11H21NO3/c1-8(2)10(11(13)14)7-15-9-3-5-12-6-4-9/h8-10,12H,3-7H2,1-2H3,(H,13,14). The first-order valence-corrected chi connectivity index (χ1v) is 5.66. The monoisotopic (exact) mass is 215 g/mol. The molecule has 0 saturated carbocycles. The summed E-state index contributed by atoms with van der Waals surface area (Å²) in [6, 6.07) is 0. The van der Waals surface area contributed by atoms with Crippen LogP contribution >= 0.6 is 0 Å². The number of aliphatic carboxylic acids is 1. The minimum atomic E-state index is -0.751. The highest BCUT2D eigenvalue weighted by Crippen LogP contribution is 2.15. The molecule has 0 aromatic heterocycles. The molecule has 0 bridgehead atoms. The number of nitrogens with one attached hydrogen (secondary N) is 1. The van der Waals surface area contributed by atoms with Gasteiger partial charge < -0.3 is 15.2 Å². The third-order valence-corrected chi connectivity index (χ3v) is 2.92. The van der Waals surface area contributed by atoms with Crippen LogP contribution in [0.3, 0.4) is 0 Å². The molecule has 0 aromatic carbocycles. The zero-order valence-corrected chi connectivity index (χ0v) is 9.53. The minimum absolute atomic E-state index is 0.129. The molecule has 88 valence electrons. The Labute approximate surface area is 91.0 Å². The van der Waals surface area contributed by atoms with Crippen molar-refractivity contribution in [2.75, 3.05) is 19.7 Å². The molecule has 1 saturated heterocycles. The molecular weight excluding hydrogens is 194 g/mol. The van der Waals surface area contributed by atoms with Crippen LogP contribution in [0.5, 0.6) is 0 Å². The number of ether oxygens (including phenoxy) is 1. The Kier molecular flexibility index (Phi) is 5.05. The first-order valence-electron chi connectivity index (χ1n) is 5.66. The lowest BCUT2D eigenvalue weighted by Crippen LogP contribution is -2.35. The summed E-state index contributed by atoms with van der Waals surface area (Å²) in [7, 11) is 0. The molecule has 1 fully saturated rings. The maximum Gasteiger partial charge on any atom is 0.309 e. The predicted octanol–water partition coefficient (Wildman–Crippen LogP) is 1.11. The van der Waals surface area contributed by atoms with E-state index >= 15 is 0 Å². The van der Waals surface area contributed by atoms with Crippen LogP contribution in [0.25, 0.3) is 0 Å². The van der Waals surface area contributed by atoms with Crippen molar-refractivity contribution in [3.05, 3.63) is 0 Å². The number of hydrogen-bond donors (Lipinski definition) is 2. The highest BCUT2D eigenvalue weighted by atomic mass is 16.5. The van der Waals surface area contributed by atoms with E-state index in [-0.39, 0.29) is 17.9 Å². The highest BCUT2D eigenvalue weighted by Gasteiger charge is 2.23. The summed E-state index contributed by atoms with van der Waals surface area (Å²) in [6.45, 7) is 6.14. The van der Waals surface area contributed by atoms with Crippen LogP contribution in [0, 0.1) is 11.8 Å². The van der Waals surface area contributed by atoms with E-state index in [1.54, 1.807) is 0 Å². The van der Waals surface area contributed by atoms with Crippen molar-refractivity contribution in [3.63, 3.8) is 0 Å². The Balaban J connectivity index is 2.29. The van der Waals surface area contributed by atoms with Gasteiger partial charge in [0.15, 0.2) is 0 Å². The van der Waals surface area contributed by atoms with Crippen molar-refractivity contribution < 1.29 is 14.6 Å². The fourth-order valence-corrected chi connectivity index (χ4v) is 1.75. The Morgan fingerprint density at radius 2 is 2.07 bits per heavy atom. The second kappa shape index (κ2) is 6.08. The molecule has 0 aliphatic carbocycles. The fraction of sp³-hybridized carbons (Fsp3) is 0.909. The molecule has 0 aromatic rings. The molecule has 4 nitrogen and oxygen atoms in total. The Hall–Kier alpha value is -0.610. The third kappa shape index (κ3) is 4.18. The number of piperidine rings is 1. The van der Waals surface area contributed by atoms with Crippen molar-refractivity contribution in [3.8, 4) is 0 Å². The molecule has 1 aliphatic rings. The molecule has 4 heteroatoms. The van der Waals surface area contributed by atoms with Gasteiger partial charge in [-0.3, -0.25) is 4.79 Å². The van der Waals surface area contributed by atoms with Gasteiger partial charge in [-0.05, 0) is 31.8 Å². The van der Waals surface area contributed by atoms with Gasteiger partial charge >= 0.3 is 5.97 Å². The van der Waals surface area contributed by atoms with Crippen LogP contribution in [0.1, 0.15) is 26.7 Å². The van der Waals surface area contributed by atoms with E-state index in [1.165, 1.54) is 0 Å². The number of carboxylic acids is 1. The molecule has 0 amide bonds. The average molecular weight is 215 g/mol. The number of carboxylic acid groups (broad SMARTS) is 1. The molecule has 15 heavy (non-hydrogen) atoms. The van der Waals surface area contributed by atoms with Crippen LogP contribution < -0.4 is 5.32 Å². The van der Waals surface area contributed by atoms with Crippen molar-refractivity contribution in [1.29, 1.82) is 0 Å². The van der Waals surface area contributed by atoms with E-state index in [9.17, 15) is 4.79 Å². The smallest absolute Gasteiger partial charge is 0.309 e. The second-order valence-electron chi connectivity index (χ2n) is 4.47. The Morgan fingerprint density at radius 1 is 1.47 bits per heavy atom. The third-order valence-electron chi connectivity index (χ3n) is 2.92. The molecule has 1 atom stereocenters. The van der Waals surface area contributed by atoms with Gasteiger partial charge in [0.2, 0.25) is 0 Å². The Bertz CT molecular complexity index is 200. The predicted molar refractivity (Wildman–Crippen MR) is 57.8 cm³/mol. The number of carbonyl (C=O) groups is 1. The lowest BCUT2D eigenvalue weighted by molar-refractivity contribution is -0.147. The quantitative estimate of drug-likeness (QED) is 0.721. The van der Waals surface area contributed by atoms with Crippen molar-refractivity contribution in [2.45, 2.75) is 32.8 Å². The minimum Gasteiger partial charge on any atom is -0.481 e. The summed E-state index contributed by atoms with van der Waals surface area (Å²) in [6.07, 6.45) is 2.22. The highest BCUT2D eigenvalue weighted by molar-refractivity contribution is 5.70. The summed E-state index contributed by atoms with van der Waals surface area (Å²) in [5.41, 5.74) is 0. The molecular formula is C11H21NO3. The average Bonchev–Trinajstić information content (AvgIpc) is 2.18. The topological polar surface area (TPSA) is 58.6 Å². The Morgan fingerprint density at radius 3 is 2.53 bits per heavy atom. The zero-order valence-electron chi connectivity index (χ0n) is 9.53. The second-order valence-corrected chi connectivity index (χ2v) is 4.47. The summed E-state index contributed by atoms with van der Waals surface area (Å²) in [5.74, 6) is -0.997. The largest absolute Gasteiger partial charge is 0.481 e. The van der Waals surface area contributed by atoms with E-state index < -0.39 is 5.97 Å². The van der Waals surface area contributed by atoms with Crippen LogP contribution in [-0.2, 0) is 9.53 Å². The van der Waals surface area contributed by atoms with Crippen molar-refractivity contribution >= 4 is 5.97 Å². The summed E-state index contributed by atoms with van der Waals surface area (Å²) < 4.78 is 5.65. The maximum atomic E-state index is 10.9. The van der Waals surface area contributed by atoms with Gasteiger partial charge in [0, 0.05) is 0 Å². The zero-order chi connectivity index (χ0) is 11.3. The van der Waals surface area contributed by atoms with Crippen molar-refractivity contribution in [1.82, 2.24) is 5.32 Å². The van der Waals surface area contributed by atoms with Crippen molar-refractivity contribution in [2.24, 2.45) is 11.8 Å². The van der Waals surface area contributed by atoms with Gasteiger partial charge in [0.25, 0.3) is 0 Å². The number of hydrogen-bond acceptors (Lipinski definition) is 3. The lowest BCUT2D eigenvalue weighted by Gasteiger charge is -2.25. The fourth-order valence-electron chi connectivity index (χ4n) is 1.75. The summed E-state index contributed by atoms with van der Waals surface area (Å²) in [5, 5.41) is 12.2. The van der Waals surface area contributed by atoms with E-state index in [2.05, 4.69) is 5.32 Å². The van der Waals surface area contributed by atoms with Crippen LogP contribution in [-0.4, -0.2) is 36.9 Å². The van der Waals surface area contributed by atoms with Gasteiger partial charge in [0.05, 0.1) is 18.6 Å². The van der Waals surface area contributed by atoms with Crippen LogP contribution in [0.2, 0.25) is 0 Å². The molecule has 0 spiro atoms. The van der Waals surface area contributed by atoms with Gasteiger partial charge in [0.1, 0.15) is 0 Å². The molecule has 1 rings (SSSR count). The molecule has 1 unspecified atom stereocenters. The SMILES string of the molecule is CC(C)C(COC1CCNCC1)C(=O)O. The van der Waals surface area contributed by atoms with Gasteiger partial charge in [-0.25, -0.2) is 0 Å². The first-order chi connectivity index (χ1) is 7.11. The van der Waals surface area contributed by atoms with Gasteiger partial charge in [-0.15, -0.1) is 0 Å². The maximum absolute atomic E-state index is 10.9. The van der Waals surface area contributed by atoms with Crippen LogP contribution in [0.15, 0.2) is 0 Å². The van der Waals surface area contributed by atoms with E-state index in [1.807, 2.05) is 13.8 Å². The molecule has 2 N–H and O–H groups in total. The van der Waals surface area contributed by atoms with Crippen LogP contribution in [0.4, 0.5) is 0 Å². The molecule has 1 aliphatic heterocycles. The van der Waals surface area contributed by atoms with E-state index in [0.29, 0.717) is 6.61 Å². The first kappa shape index (κ1) is 12.5. The summed E-state index contributed by atoms with van der Waals surface area (Å²) in [4.78, 5) is 10.9. The molecule has 0 radical (unpaired) electrons. The lowest BCUT2D eigenvalue weighted by atomic mass is 9.97.